The lowest BCUT2D eigenvalue weighted by atomic mass is 9.78. The van der Waals surface area contributed by atoms with E-state index < -0.39 is 7.12 Å². The molecule has 0 aromatic carbocycles. The van der Waals surface area contributed by atoms with Crippen molar-refractivity contribution in [3.63, 3.8) is 0 Å². The van der Waals surface area contributed by atoms with Gasteiger partial charge in [-0.05, 0) is 24.0 Å². The highest BCUT2D eigenvalue weighted by atomic mass is 16.4. The third-order valence-electron chi connectivity index (χ3n) is 1.56. The van der Waals surface area contributed by atoms with E-state index in [9.17, 15) is 0 Å². The summed E-state index contributed by atoms with van der Waals surface area (Å²) in [4.78, 5) is 3.78. The SMILES string of the molecule is Cc1c(B(O)O)ccnc1N. The first kappa shape index (κ1) is 8.04. The highest BCUT2D eigenvalue weighted by Gasteiger charge is 2.14. The van der Waals surface area contributed by atoms with Crippen LogP contribution < -0.4 is 11.2 Å². The molecule has 0 aliphatic rings. The minimum atomic E-state index is -1.47. The van der Waals surface area contributed by atoms with Crippen molar-refractivity contribution in [2.24, 2.45) is 0 Å². The lowest BCUT2D eigenvalue weighted by molar-refractivity contribution is 0.425. The molecule has 4 nitrogen and oxygen atoms in total. The quantitative estimate of drug-likeness (QED) is 0.434. The summed E-state index contributed by atoms with van der Waals surface area (Å²) in [6, 6.07) is 1.52. The Labute approximate surface area is 64.8 Å². The van der Waals surface area contributed by atoms with Crippen molar-refractivity contribution >= 4 is 18.4 Å². The lowest BCUT2D eigenvalue weighted by Gasteiger charge is -2.04. The number of nitrogens with zero attached hydrogens (tertiary/aromatic N) is 1. The maximum atomic E-state index is 8.80. The van der Waals surface area contributed by atoms with Gasteiger partial charge in [-0.3, -0.25) is 0 Å². The largest absolute Gasteiger partial charge is 0.488 e. The molecule has 0 aliphatic heterocycles. The Hall–Kier alpha value is -1.07. The molecular weight excluding hydrogens is 143 g/mol. The Morgan fingerprint density at radius 3 is 2.64 bits per heavy atom. The van der Waals surface area contributed by atoms with Crippen LogP contribution in [0.5, 0.6) is 0 Å². The van der Waals surface area contributed by atoms with Crippen LogP contribution in [0.25, 0.3) is 0 Å². The number of rotatable bonds is 1. The summed E-state index contributed by atoms with van der Waals surface area (Å²) in [5.41, 5.74) is 6.44. The van der Waals surface area contributed by atoms with E-state index in [1.807, 2.05) is 0 Å². The van der Waals surface area contributed by atoms with Crippen molar-refractivity contribution in [2.45, 2.75) is 6.92 Å². The molecule has 0 fully saturated rings. The summed E-state index contributed by atoms with van der Waals surface area (Å²) in [6.07, 6.45) is 1.44. The van der Waals surface area contributed by atoms with Gasteiger partial charge in [0, 0.05) is 6.20 Å². The second kappa shape index (κ2) is 2.90. The molecule has 0 aliphatic carbocycles. The van der Waals surface area contributed by atoms with Gasteiger partial charge >= 0.3 is 7.12 Å². The molecule has 0 unspecified atom stereocenters. The van der Waals surface area contributed by atoms with Gasteiger partial charge in [0.2, 0.25) is 0 Å². The molecule has 0 atom stereocenters. The maximum absolute atomic E-state index is 8.80. The summed E-state index contributed by atoms with van der Waals surface area (Å²) in [5, 5.41) is 17.6. The van der Waals surface area contributed by atoms with Crippen molar-refractivity contribution in [3.8, 4) is 0 Å². The molecule has 0 bridgehead atoms. The molecule has 1 rings (SSSR count). The smallest absolute Gasteiger partial charge is 0.423 e. The molecule has 0 radical (unpaired) electrons. The van der Waals surface area contributed by atoms with Crippen LogP contribution in [-0.4, -0.2) is 22.2 Å². The molecule has 0 spiro atoms. The number of pyridine rings is 1. The fourth-order valence-electron chi connectivity index (χ4n) is 0.847. The van der Waals surface area contributed by atoms with E-state index in [0.717, 1.165) is 0 Å². The van der Waals surface area contributed by atoms with Crippen LogP contribution in [0.3, 0.4) is 0 Å². The first-order chi connectivity index (χ1) is 5.13. The van der Waals surface area contributed by atoms with Gasteiger partial charge in [0.05, 0.1) is 0 Å². The van der Waals surface area contributed by atoms with E-state index in [4.69, 9.17) is 15.8 Å². The van der Waals surface area contributed by atoms with Crippen molar-refractivity contribution in [1.82, 2.24) is 4.98 Å². The van der Waals surface area contributed by atoms with Gasteiger partial charge in [-0.25, -0.2) is 4.98 Å². The number of aromatic nitrogens is 1. The topological polar surface area (TPSA) is 79.4 Å². The average Bonchev–Trinajstić information content (AvgIpc) is 1.94. The van der Waals surface area contributed by atoms with Gasteiger partial charge in [-0.15, -0.1) is 0 Å². The molecule has 1 heterocycles. The molecule has 1 aromatic rings. The number of nitrogens with two attached hydrogens (primary N) is 1. The average molecular weight is 152 g/mol. The van der Waals surface area contributed by atoms with Gasteiger partial charge in [-0.1, -0.05) is 0 Å². The van der Waals surface area contributed by atoms with E-state index >= 15 is 0 Å². The van der Waals surface area contributed by atoms with E-state index in [2.05, 4.69) is 4.98 Å². The van der Waals surface area contributed by atoms with Gasteiger partial charge < -0.3 is 15.8 Å². The van der Waals surface area contributed by atoms with Crippen molar-refractivity contribution in [1.29, 1.82) is 0 Å². The van der Waals surface area contributed by atoms with Crippen LogP contribution in [0, 0.1) is 6.92 Å². The summed E-state index contributed by atoms with van der Waals surface area (Å²) < 4.78 is 0. The first-order valence-corrected chi connectivity index (χ1v) is 3.20. The normalized spacial score (nSPS) is 9.73. The number of hydrogen-bond donors (Lipinski definition) is 3. The zero-order chi connectivity index (χ0) is 8.43. The Bertz CT molecular complexity index is 265. The van der Waals surface area contributed by atoms with Crippen molar-refractivity contribution in [2.75, 3.05) is 5.73 Å². The predicted octanol–water partition coefficient (Wildman–Crippen LogP) is -1.35. The molecular formula is C6H9BN2O2. The van der Waals surface area contributed by atoms with Crippen LogP contribution in [0.2, 0.25) is 0 Å². The highest BCUT2D eigenvalue weighted by molar-refractivity contribution is 6.59. The second-order valence-corrected chi connectivity index (χ2v) is 2.28. The summed E-state index contributed by atoms with van der Waals surface area (Å²) in [6.45, 7) is 1.69. The number of nitrogen functional groups attached to an aromatic ring is 1. The maximum Gasteiger partial charge on any atom is 0.488 e. The summed E-state index contributed by atoms with van der Waals surface area (Å²) >= 11 is 0. The van der Waals surface area contributed by atoms with E-state index in [1.165, 1.54) is 12.3 Å². The molecule has 4 N–H and O–H groups in total. The minimum Gasteiger partial charge on any atom is -0.423 e. The van der Waals surface area contributed by atoms with Gasteiger partial charge in [-0.2, -0.15) is 0 Å². The third-order valence-corrected chi connectivity index (χ3v) is 1.56. The lowest BCUT2D eigenvalue weighted by Crippen LogP contribution is -2.32. The third kappa shape index (κ3) is 1.50. The molecule has 0 saturated heterocycles. The molecule has 5 heteroatoms. The van der Waals surface area contributed by atoms with Gasteiger partial charge in [0.15, 0.2) is 0 Å². The predicted molar refractivity (Wildman–Crippen MR) is 43.2 cm³/mol. The van der Waals surface area contributed by atoms with E-state index in [0.29, 0.717) is 16.8 Å². The van der Waals surface area contributed by atoms with Crippen LogP contribution in [-0.2, 0) is 0 Å². The van der Waals surface area contributed by atoms with Crippen LogP contribution in [0.1, 0.15) is 5.56 Å². The van der Waals surface area contributed by atoms with Gasteiger partial charge in [0.25, 0.3) is 0 Å². The number of hydrogen-bond acceptors (Lipinski definition) is 4. The van der Waals surface area contributed by atoms with Crippen LogP contribution >= 0.6 is 0 Å². The zero-order valence-electron chi connectivity index (χ0n) is 6.15. The Balaban J connectivity index is 3.17. The molecule has 0 saturated carbocycles. The fourth-order valence-corrected chi connectivity index (χ4v) is 0.847. The van der Waals surface area contributed by atoms with E-state index in [-0.39, 0.29) is 0 Å². The van der Waals surface area contributed by atoms with Crippen LogP contribution in [0.15, 0.2) is 12.3 Å². The second-order valence-electron chi connectivity index (χ2n) is 2.28. The van der Waals surface area contributed by atoms with Crippen molar-refractivity contribution in [3.05, 3.63) is 17.8 Å². The monoisotopic (exact) mass is 152 g/mol. The molecule has 11 heavy (non-hydrogen) atoms. The Morgan fingerprint density at radius 1 is 1.55 bits per heavy atom. The Morgan fingerprint density at radius 2 is 2.18 bits per heavy atom. The van der Waals surface area contributed by atoms with Crippen LogP contribution in [0.4, 0.5) is 5.82 Å². The van der Waals surface area contributed by atoms with Crippen molar-refractivity contribution < 1.29 is 10.0 Å². The Kier molecular flexibility index (Phi) is 2.12. The summed E-state index contributed by atoms with van der Waals surface area (Å²) in [5.74, 6) is 0.329. The number of anilines is 1. The fraction of sp³-hybridized carbons (Fsp3) is 0.167. The molecule has 0 amide bonds. The highest BCUT2D eigenvalue weighted by Crippen LogP contribution is 2.01. The first-order valence-electron chi connectivity index (χ1n) is 3.20. The zero-order valence-corrected chi connectivity index (χ0v) is 6.15. The van der Waals surface area contributed by atoms with Gasteiger partial charge in [0.1, 0.15) is 5.82 Å². The summed E-state index contributed by atoms with van der Waals surface area (Å²) in [7, 11) is -1.47. The minimum absolute atomic E-state index is 0.329. The molecule has 58 valence electrons. The molecule has 1 aromatic heterocycles. The standard InChI is InChI=1S/C6H9BN2O2/c1-4-5(7(10)11)2-3-9-6(4)8/h2-3,10-11H,1H3,(H2,8,9). The van der Waals surface area contributed by atoms with E-state index in [1.54, 1.807) is 6.92 Å².